The Labute approximate surface area is 217 Å². The molecule has 0 spiro atoms. The number of rotatable bonds is 9. The molecule has 0 saturated carbocycles. The maximum atomic E-state index is 12.3. The first-order valence-electron chi connectivity index (χ1n) is 11.8. The van der Waals surface area contributed by atoms with Gasteiger partial charge in [-0.05, 0) is 42.0 Å². The zero-order valence-electron chi connectivity index (χ0n) is 20.1. The van der Waals surface area contributed by atoms with Crippen LogP contribution in [0.2, 0.25) is 0 Å². The number of ether oxygens (including phenoxy) is 5. The molecule has 2 aromatic carbocycles. The molecule has 13 heteroatoms. The van der Waals surface area contributed by atoms with E-state index in [2.05, 4.69) is 0 Å². The third kappa shape index (κ3) is 6.07. The van der Waals surface area contributed by atoms with Crippen molar-refractivity contribution in [1.29, 1.82) is 0 Å². The molecule has 2 aliphatic heterocycles. The molecule has 2 aromatic rings. The number of esters is 1. The normalized spacial score (nSPS) is 33.2. The number of carbonyl (C=O) groups is 1. The minimum Gasteiger partial charge on any atom is -0.508 e. The number of aromatic hydroxyl groups is 1. The van der Waals surface area contributed by atoms with Gasteiger partial charge >= 0.3 is 5.97 Å². The SMILES string of the molecule is O=C(OC[C@@]1(O)CO[C@H](O[C@@H]2[C@@H](Oc3ccc(CO)cc3)O[C@H](CO)[C@@H](O)[C@H]2O)[C@H]1O)c1ccc(O)cc1. The molecule has 0 aliphatic carbocycles. The molecule has 0 bridgehead atoms. The van der Waals surface area contributed by atoms with Crippen LogP contribution in [-0.4, -0.2) is 110 Å². The fourth-order valence-corrected chi connectivity index (χ4v) is 4.03. The van der Waals surface area contributed by atoms with Crippen molar-refractivity contribution in [3.8, 4) is 11.5 Å². The summed E-state index contributed by atoms with van der Waals surface area (Å²) in [5, 5.41) is 70.7. The van der Waals surface area contributed by atoms with E-state index in [-0.39, 0.29) is 23.7 Å². The molecule has 13 nitrogen and oxygen atoms in total. The number of hydrogen-bond acceptors (Lipinski definition) is 13. The lowest BCUT2D eigenvalue weighted by atomic mass is 9.98. The number of hydrogen-bond donors (Lipinski definition) is 7. The molecule has 4 rings (SSSR count). The van der Waals surface area contributed by atoms with Gasteiger partial charge in [0.15, 0.2) is 18.0 Å². The van der Waals surface area contributed by atoms with Crippen molar-refractivity contribution in [3.05, 3.63) is 59.7 Å². The Morgan fingerprint density at radius 1 is 0.974 bits per heavy atom. The molecular weight excluding hydrogens is 508 g/mol. The second-order valence-corrected chi connectivity index (χ2v) is 9.08. The van der Waals surface area contributed by atoms with Crippen LogP contribution >= 0.6 is 0 Å². The standard InChI is InChI=1S/C25H30O13/c26-9-13-1-7-16(8-2-13)36-23-20(19(30)18(29)17(10-27)37-23)38-24-21(31)25(33,12-35-24)11-34-22(32)14-3-5-15(28)6-4-14/h1-8,17-21,23-24,26-31,33H,9-12H2/t17-,18-,19-,20+,21-,23+,24-,25-/m1/s1. The molecule has 0 aromatic heterocycles. The van der Waals surface area contributed by atoms with E-state index < -0.39 is 74.5 Å². The number of phenols is 1. The predicted molar refractivity (Wildman–Crippen MR) is 125 cm³/mol. The minimum atomic E-state index is -2.07. The Kier molecular flexibility index (Phi) is 8.82. The van der Waals surface area contributed by atoms with Gasteiger partial charge in [-0.2, -0.15) is 0 Å². The van der Waals surface area contributed by atoms with Crippen molar-refractivity contribution in [2.75, 3.05) is 19.8 Å². The fourth-order valence-electron chi connectivity index (χ4n) is 4.03. The van der Waals surface area contributed by atoms with Crippen LogP contribution in [0.3, 0.4) is 0 Å². The van der Waals surface area contributed by atoms with Crippen LogP contribution in [0.5, 0.6) is 11.5 Å². The van der Waals surface area contributed by atoms with Gasteiger partial charge in [-0.15, -0.1) is 0 Å². The molecule has 7 N–H and O–H groups in total. The van der Waals surface area contributed by atoms with E-state index in [1.807, 2.05) is 0 Å². The highest BCUT2D eigenvalue weighted by Crippen LogP contribution is 2.32. The molecule has 0 radical (unpaired) electrons. The molecule has 208 valence electrons. The smallest absolute Gasteiger partial charge is 0.338 e. The number of benzene rings is 2. The highest BCUT2D eigenvalue weighted by atomic mass is 16.8. The molecular formula is C25H30O13. The molecule has 8 atom stereocenters. The van der Waals surface area contributed by atoms with E-state index in [4.69, 9.17) is 23.7 Å². The summed E-state index contributed by atoms with van der Waals surface area (Å²) in [5.41, 5.74) is -1.35. The predicted octanol–water partition coefficient (Wildman–Crippen LogP) is -1.61. The topological polar surface area (TPSA) is 205 Å². The summed E-state index contributed by atoms with van der Waals surface area (Å²) in [6.07, 6.45) is -10.6. The fraction of sp³-hybridized carbons (Fsp3) is 0.480. The average Bonchev–Trinajstić information content (AvgIpc) is 3.21. The Morgan fingerprint density at radius 3 is 2.29 bits per heavy atom. The zero-order chi connectivity index (χ0) is 27.4. The summed E-state index contributed by atoms with van der Waals surface area (Å²) >= 11 is 0. The summed E-state index contributed by atoms with van der Waals surface area (Å²) in [7, 11) is 0. The summed E-state index contributed by atoms with van der Waals surface area (Å²) in [5.74, 6) is -0.606. The van der Waals surface area contributed by atoms with E-state index in [0.29, 0.717) is 5.56 Å². The van der Waals surface area contributed by atoms with Crippen LogP contribution in [0.4, 0.5) is 0 Å². The number of aliphatic hydroxyl groups excluding tert-OH is 5. The van der Waals surface area contributed by atoms with E-state index in [1.54, 1.807) is 12.1 Å². The number of aliphatic hydroxyl groups is 6. The van der Waals surface area contributed by atoms with Gasteiger partial charge in [-0.25, -0.2) is 4.79 Å². The summed E-state index contributed by atoms with van der Waals surface area (Å²) in [6.45, 7) is -1.98. The lowest BCUT2D eigenvalue weighted by Crippen LogP contribution is -2.62. The van der Waals surface area contributed by atoms with E-state index in [1.165, 1.54) is 36.4 Å². The highest BCUT2D eigenvalue weighted by molar-refractivity contribution is 5.89. The van der Waals surface area contributed by atoms with Crippen LogP contribution in [0.15, 0.2) is 48.5 Å². The van der Waals surface area contributed by atoms with Gasteiger partial charge in [-0.3, -0.25) is 0 Å². The van der Waals surface area contributed by atoms with Gasteiger partial charge in [0.25, 0.3) is 0 Å². The Bertz CT molecular complexity index is 1060. The third-order valence-electron chi connectivity index (χ3n) is 6.34. The van der Waals surface area contributed by atoms with E-state index >= 15 is 0 Å². The van der Waals surface area contributed by atoms with Crippen molar-refractivity contribution in [1.82, 2.24) is 0 Å². The summed E-state index contributed by atoms with van der Waals surface area (Å²) < 4.78 is 27.5. The molecule has 2 saturated heterocycles. The van der Waals surface area contributed by atoms with Gasteiger partial charge in [0.2, 0.25) is 6.29 Å². The highest BCUT2D eigenvalue weighted by Gasteiger charge is 2.54. The second-order valence-electron chi connectivity index (χ2n) is 9.08. The lowest BCUT2D eigenvalue weighted by Gasteiger charge is -2.42. The van der Waals surface area contributed by atoms with Crippen molar-refractivity contribution >= 4 is 5.97 Å². The molecule has 2 heterocycles. The maximum absolute atomic E-state index is 12.3. The van der Waals surface area contributed by atoms with Gasteiger partial charge in [0.1, 0.15) is 42.5 Å². The van der Waals surface area contributed by atoms with Crippen LogP contribution in [0, 0.1) is 0 Å². The zero-order valence-corrected chi connectivity index (χ0v) is 20.1. The third-order valence-corrected chi connectivity index (χ3v) is 6.34. The Hall–Kier alpha value is -2.85. The number of phenolic OH excluding ortho intramolecular Hbond substituents is 1. The van der Waals surface area contributed by atoms with Gasteiger partial charge in [0, 0.05) is 0 Å². The van der Waals surface area contributed by atoms with E-state index in [9.17, 15) is 40.5 Å². The molecule has 0 unspecified atom stereocenters. The van der Waals surface area contributed by atoms with Crippen molar-refractivity contribution in [3.63, 3.8) is 0 Å². The van der Waals surface area contributed by atoms with Crippen LogP contribution in [0.25, 0.3) is 0 Å². The van der Waals surface area contributed by atoms with Crippen LogP contribution in [0.1, 0.15) is 15.9 Å². The molecule has 2 aliphatic rings. The first-order chi connectivity index (χ1) is 18.1. The summed E-state index contributed by atoms with van der Waals surface area (Å²) in [6, 6.07) is 11.5. The Morgan fingerprint density at radius 2 is 1.66 bits per heavy atom. The number of carbonyl (C=O) groups excluding carboxylic acids is 1. The quantitative estimate of drug-likeness (QED) is 0.180. The molecule has 0 amide bonds. The van der Waals surface area contributed by atoms with Gasteiger partial charge in [-0.1, -0.05) is 12.1 Å². The summed E-state index contributed by atoms with van der Waals surface area (Å²) in [4.78, 5) is 12.3. The molecule has 2 fully saturated rings. The van der Waals surface area contributed by atoms with Crippen molar-refractivity contribution < 1.29 is 64.2 Å². The van der Waals surface area contributed by atoms with Crippen LogP contribution in [-0.2, 0) is 25.6 Å². The van der Waals surface area contributed by atoms with Crippen molar-refractivity contribution in [2.45, 2.75) is 55.3 Å². The van der Waals surface area contributed by atoms with Gasteiger partial charge < -0.3 is 59.4 Å². The largest absolute Gasteiger partial charge is 0.508 e. The van der Waals surface area contributed by atoms with Crippen molar-refractivity contribution in [2.24, 2.45) is 0 Å². The van der Waals surface area contributed by atoms with Gasteiger partial charge in [0.05, 0.1) is 25.4 Å². The van der Waals surface area contributed by atoms with E-state index in [0.717, 1.165) is 0 Å². The lowest BCUT2D eigenvalue weighted by molar-refractivity contribution is -0.318. The van der Waals surface area contributed by atoms with Crippen LogP contribution < -0.4 is 4.74 Å². The second kappa shape index (κ2) is 11.9. The molecule has 38 heavy (non-hydrogen) atoms. The monoisotopic (exact) mass is 538 g/mol. The average molecular weight is 539 g/mol. The maximum Gasteiger partial charge on any atom is 0.338 e. The first-order valence-corrected chi connectivity index (χ1v) is 11.8. The Balaban J connectivity index is 1.43. The first kappa shape index (κ1) is 28.2. The minimum absolute atomic E-state index is 0.0476.